The number of aliphatic carboxylic acids is 1. The molecule has 2 rings (SSSR count). The summed E-state index contributed by atoms with van der Waals surface area (Å²) < 4.78 is 0. The number of aromatic amines is 1. The van der Waals surface area contributed by atoms with E-state index in [0.29, 0.717) is 6.42 Å². The number of hydrogen-bond donors (Lipinski definition) is 5. The van der Waals surface area contributed by atoms with Gasteiger partial charge in [-0.3, -0.25) is 29.0 Å². The van der Waals surface area contributed by atoms with Crippen molar-refractivity contribution in [2.45, 2.75) is 45.1 Å². The van der Waals surface area contributed by atoms with E-state index in [4.69, 9.17) is 22.3 Å². The van der Waals surface area contributed by atoms with Crippen LogP contribution in [0.15, 0.2) is 35.5 Å². The predicted octanol–water partition coefficient (Wildman–Crippen LogP) is -0.229. The molecule has 0 bridgehead atoms. The number of carbonyl (C=O) groups is 5. The van der Waals surface area contributed by atoms with E-state index < -0.39 is 24.3 Å². The molecule has 1 aromatic carbocycles. The zero-order valence-corrected chi connectivity index (χ0v) is 22.1. The van der Waals surface area contributed by atoms with Gasteiger partial charge in [-0.1, -0.05) is 18.2 Å². The number of aliphatic imine (C=N–C) groups is 1. The Labute approximate surface area is 226 Å². The van der Waals surface area contributed by atoms with Gasteiger partial charge in [-0.25, -0.2) is 0 Å². The maximum Gasteiger partial charge on any atom is 0.312 e. The minimum Gasteiger partial charge on any atom is -0.481 e. The molecule has 0 aliphatic heterocycles. The van der Waals surface area contributed by atoms with E-state index in [1.165, 1.54) is 11.8 Å². The van der Waals surface area contributed by atoms with Crippen LogP contribution in [0, 0.1) is 0 Å². The number of carboxylic acids is 1. The Morgan fingerprint density at radius 1 is 1.03 bits per heavy atom. The lowest BCUT2D eigenvalue weighted by molar-refractivity contribution is -0.145. The van der Waals surface area contributed by atoms with Crippen LogP contribution < -0.4 is 17.2 Å². The number of fused-ring (bicyclic) bond motifs is 1. The molecule has 0 spiro atoms. The molecule has 0 aliphatic carbocycles. The molecule has 8 N–H and O–H groups in total. The number of carbonyl (C=O) groups excluding carboxylic acids is 4. The Morgan fingerprint density at radius 3 is 2.41 bits per heavy atom. The number of nitrogens with two attached hydrogens (primary N) is 3. The van der Waals surface area contributed by atoms with Crippen molar-refractivity contribution in [3.63, 3.8) is 0 Å². The van der Waals surface area contributed by atoms with Crippen molar-refractivity contribution < 1.29 is 29.1 Å². The van der Waals surface area contributed by atoms with Crippen molar-refractivity contribution in [3.05, 3.63) is 36.0 Å². The molecule has 13 heteroatoms. The van der Waals surface area contributed by atoms with Crippen LogP contribution in [0.4, 0.5) is 0 Å². The molecule has 1 atom stereocenters. The normalized spacial score (nSPS) is 11.5. The third-order valence-corrected chi connectivity index (χ3v) is 5.90. The number of guanidine groups is 1. The maximum absolute atomic E-state index is 12.9. The van der Waals surface area contributed by atoms with Crippen molar-refractivity contribution in [1.82, 2.24) is 14.8 Å². The van der Waals surface area contributed by atoms with Crippen LogP contribution in [0.3, 0.4) is 0 Å². The third kappa shape index (κ3) is 10.9. The molecule has 2 aromatic rings. The van der Waals surface area contributed by atoms with Gasteiger partial charge in [-0.05, 0) is 31.4 Å². The van der Waals surface area contributed by atoms with Gasteiger partial charge in [-0.2, -0.15) is 0 Å². The maximum atomic E-state index is 12.9. The smallest absolute Gasteiger partial charge is 0.312 e. The van der Waals surface area contributed by atoms with E-state index in [-0.39, 0.29) is 75.4 Å². The fourth-order valence-electron chi connectivity index (χ4n) is 4.18. The molecular formula is C26H37N7O6. The highest BCUT2D eigenvalue weighted by molar-refractivity contribution is 5.95. The Bertz CT molecular complexity index is 1200. The second-order valence-electron chi connectivity index (χ2n) is 9.38. The van der Waals surface area contributed by atoms with Crippen molar-refractivity contribution in [2.24, 2.45) is 22.2 Å². The average molecular weight is 544 g/mol. The molecule has 0 fully saturated rings. The first kappa shape index (κ1) is 31.0. The van der Waals surface area contributed by atoms with Gasteiger partial charge in [0, 0.05) is 49.1 Å². The van der Waals surface area contributed by atoms with E-state index in [1.807, 2.05) is 30.5 Å². The highest BCUT2D eigenvalue weighted by Gasteiger charge is 2.22. The summed E-state index contributed by atoms with van der Waals surface area (Å²) in [5.41, 5.74) is 19.0. The number of rotatable bonds is 17. The van der Waals surface area contributed by atoms with Gasteiger partial charge in [0.25, 0.3) is 0 Å². The van der Waals surface area contributed by atoms with Gasteiger partial charge in [0.15, 0.2) is 11.7 Å². The molecule has 0 radical (unpaired) electrons. The first-order valence-electron chi connectivity index (χ1n) is 12.6. The predicted molar refractivity (Wildman–Crippen MR) is 146 cm³/mol. The van der Waals surface area contributed by atoms with Crippen LogP contribution in [-0.4, -0.2) is 94.0 Å². The first-order chi connectivity index (χ1) is 18.5. The molecule has 0 saturated carbocycles. The van der Waals surface area contributed by atoms with Gasteiger partial charge in [0.05, 0.1) is 19.6 Å². The number of Topliss-reactive ketones (excluding diaryl/α,β-unsaturated/α-hetero) is 2. The largest absolute Gasteiger partial charge is 0.481 e. The van der Waals surface area contributed by atoms with Crippen LogP contribution >= 0.6 is 0 Å². The fraction of sp³-hybridized carbons (Fsp3) is 0.462. The number of hydrogen-bond acceptors (Lipinski definition) is 7. The lowest BCUT2D eigenvalue weighted by Gasteiger charge is -2.26. The molecule has 1 heterocycles. The van der Waals surface area contributed by atoms with E-state index in [9.17, 15) is 24.0 Å². The molecule has 212 valence electrons. The van der Waals surface area contributed by atoms with Crippen molar-refractivity contribution >= 4 is 46.2 Å². The molecular weight excluding hydrogens is 506 g/mol. The van der Waals surface area contributed by atoms with Gasteiger partial charge >= 0.3 is 5.97 Å². The Morgan fingerprint density at radius 2 is 1.74 bits per heavy atom. The van der Waals surface area contributed by atoms with Gasteiger partial charge in [0.2, 0.25) is 11.8 Å². The standard InChI is InChI=1S/C26H37N7O6/c1-17(34)14-32(24(37)12-25(38)39)10-4-5-20(35)16-33(23(36)8-9-30-26(28)29)15-19(27)11-18-13-31-22-7-3-2-6-21(18)22/h2-3,6-7,13,19,31H,4-5,8-12,14-16,27H2,1H3,(H,38,39)(H4,28,29,30)/t19-/m0/s1. The number of benzene rings is 1. The van der Waals surface area contributed by atoms with E-state index in [2.05, 4.69) is 9.98 Å². The molecule has 39 heavy (non-hydrogen) atoms. The molecule has 1 aromatic heterocycles. The molecule has 2 amide bonds. The summed E-state index contributed by atoms with van der Waals surface area (Å²) >= 11 is 0. The van der Waals surface area contributed by atoms with Gasteiger partial charge in [-0.15, -0.1) is 0 Å². The SMILES string of the molecule is CC(=O)CN(CCCC(=O)CN(C[C@@H](N)Cc1c[nH]c2ccccc12)C(=O)CCN=C(N)N)C(=O)CC(=O)O. The van der Waals surface area contributed by atoms with Crippen molar-refractivity contribution in [1.29, 1.82) is 0 Å². The van der Waals surface area contributed by atoms with E-state index >= 15 is 0 Å². The summed E-state index contributed by atoms with van der Waals surface area (Å²) in [4.78, 5) is 69.7. The van der Waals surface area contributed by atoms with E-state index in [0.717, 1.165) is 21.4 Å². The minimum atomic E-state index is -1.30. The zero-order chi connectivity index (χ0) is 28.9. The van der Waals surface area contributed by atoms with E-state index in [1.54, 1.807) is 0 Å². The number of carboxylic acid groups (broad SMARTS) is 1. The summed E-state index contributed by atoms with van der Waals surface area (Å²) in [6.45, 7) is 1.08. The number of ketones is 2. The lowest BCUT2D eigenvalue weighted by Crippen LogP contribution is -2.45. The quantitative estimate of drug-likeness (QED) is 0.101. The third-order valence-electron chi connectivity index (χ3n) is 5.90. The summed E-state index contributed by atoms with van der Waals surface area (Å²) in [5, 5.41) is 9.90. The monoisotopic (exact) mass is 543 g/mol. The summed E-state index contributed by atoms with van der Waals surface area (Å²) in [6.07, 6.45) is 1.81. The molecule has 0 unspecified atom stereocenters. The Balaban J connectivity index is 2.01. The highest BCUT2D eigenvalue weighted by atomic mass is 16.4. The van der Waals surface area contributed by atoms with Gasteiger partial charge < -0.3 is 37.1 Å². The summed E-state index contributed by atoms with van der Waals surface area (Å²) in [5.74, 6) is -3.06. The zero-order valence-electron chi connectivity index (χ0n) is 22.1. The minimum absolute atomic E-state index is 0.0128. The number of para-hydroxylation sites is 1. The number of nitrogens with zero attached hydrogens (tertiary/aromatic N) is 3. The Kier molecular flexibility index (Phi) is 12.1. The van der Waals surface area contributed by atoms with Crippen LogP contribution in [0.2, 0.25) is 0 Å². The lowest BCUT2D eigenvalue weighted by atomic mass is 10.0. The first-order valence-corrected chi connectivity index (χ1v) is 12.6. The second-order valence-corrected chi connectivity index (χ2v) is 9.38. The van der Waals surface area contributed by atoms with Crippen LogP contribution in [0.25, 0.3) is 10.9 Å². The summed E-state index contributed by atoms with van der Waals surface area (Å²) in [6, 6.07) is 7.33. The highest BCUT2D eigenvalue weighted by Crippen LogP contribution is 2.19. The number of nitrogens with one attached hydrogen (secondary N) is 1. The van der Waals surface area contributed by atoms with Crippen LogP contribution in [0.1, 0.15) is 38.2 Å². The number of amides is 2. The fourth-order valence-corrected chi connectivity index (χ4v) is 4.18. The molecule has 0 saturated heterocycles. The number of H-pyrrole nitrogens is 1. The Hall–Kier alpha value is -4.26. The molecule has 0 aliphatic rings. The average Bonchev–Trinajstić information content (AvgIpc) is 3.24. The number of aromatic nitrogens is 1. The van der Waals surface area contributed by atoms with Crippen LogP contribution in [0.5, 0.6) is 0 Å². The van der Waals surface area contributed by atoms with Crippen molar-refractivity contribution in [3.8, 4) is 0 Å². The topological polar surface area (TPSA) is 218 Å². The van der Waals surface area contributed by atoms with Crippen molar-refractivity contribution in [2.75, 3.05) is 32.7 Å². The van der Waals surface area contributed by atoms with Gasteiger partial charge in [0.1, 0.15) is 12.2 Å². The van der Waals surface area contributed by atoms with Crippen LogP contribution in [-0.2, 0) is 30.4 Å². The summed E-state index contributed by atoms with van der Waals surface area (Å²) in [7, 11) is 0. The molecule has 13 nitrogen and oxygen atoms in total. The second kappa shape index (κ2) is 15.2.